The molecule has 34 heavy (non-hydrogen) atoms. The van der Waals surface area contributed by atoms with Gasteiger partial charge in [-0.05, 0) is 121 Å². The van der Waals surface area contributed by atoms with E-state index in [4.69, 9.17) is 0 Å². The number of aryl methyl sites for hydroxylation is 7. The van der Waals surface area contributed by atoms with Gasteiger partial charge in [-0.1, -0.05) is 66.2 Å². The molecule has 5 aromatic rings. The van der Waals surface area contributed by atoms with E-state index in [9.17, 15) is 4.79 Å². The summed E-state index contributed by atoms with van der Waals surface area (Å²) in [7, 11) is 0. The van der Waals surface area contributed by atoms with Gasteiger partial charge in [-0.2, -0.15) is 0 Å². The maximum Gasteiger partial charge on any atom is 0.159 e. The number of ketones is 1. The number of Topliss-reactive ketones (excluding diaryl/α,β-unsaturated/α-hetero) is 1. The summed E-state index contributed by atoms with van der Waals surface area (Å²) in [6.07, 6.45) is 0. The Morgan fingerprint density at radius 1 is 0.441 bits per heavy atom. The van der Waals surface area contributed by atoms with E-state index in [2.05, 4.69) is 77.9 Å². The molecule has 0 fully saturated rings. The number of benzene rings is 5. The Balaban J connectivity index is 0.000000231. The van der Waals surface area contributed by atoms with Crippen molar-refractivity contribution in [3.63, 3.8) is 0 Å². The summed E-state index contributed by atoms with van der Waals surface area (Å²) in [5.41, 5.74) is 10.2. The largest absolute Gasteiger partial charge is 0.295 e. The van der Waals surface area contributed by atoms with Crippen LogP contribution in [-0.2, 0) is 0 Å². The average molecular weight is 447 g/mol. The van der Waals surface area contributed by atoms with Crippen molar-refractivity contribution in [1.82, 2.24) is 0 Å². The molecule has 1 nitrogen and oxygen atoms in total. The number of fused-ring (bicyclic) bond motifs is 6. The van der Waals surface area contributed by atoms with Gasteiger partial charge in [0.2, 0.25) is 0 Å². The molecule has 0 N–H and O–H groups in total. The van der Waals surface area contributed by atoms with E-state index in [-0.39, 0.29) is 5.78 Å². The molecule has 0 spiro atoms. The quantitative estimate of drug-likeness (QED) is 0.185. The zero-order valence-corrected chi connectivity index (χ0v) is 21.7. The van der Waals surface area contributed by atoms with E-state index < -0.39 is 0 Å². The van der Waals surface area contributed by atoms with Crippen LogP contribution in [0.2, 0.25) is 0 Å². The van der Waals surface area contributed by atoms with Crippen LogP contribution < -0.4 is 0 Å². The summed E-state index contributed by atoms with van der Waals surface area (Å²) in [6.45, 7) is 16.9. The van der Waals surface area contributed by atoms with Crippen LogP contribution in [0.4, 0.5) is 0 Å². The Kier molecular flexibility index (Phi) is 6.32. The van der Waals surface area contributed by atoms with Crippen LogP contribution in [-0.4, -0.2) is 5.78 Å². The molecule has 0 saturated carbocycles. The molecule has 0 aliphatic rings. The SMILES string of the molecule is CC(=O)c1ccc(C)cc1.Cc1cc2c3cc(C)c(C)cc3c3cc(C)c(C)cc3c2cc1C. The maximum absolute atomic E-state index is 10.8. The lowest BCUT2D eigenvalue weighted by molar-refractivity contribution is 0.101. The molecule has 1 heteroatoms. The van der Waals surface area contributed by atoms with Crippen molar-refractivity contribution in [1.29, 1.82) is 0 Å². The van der Waals surface area contributed by atoms with Crippen LogP contribution in [0.15, 0.2) is 60.7 Å². The minimum Gasteiger partial charge on any atom is -0.295 e. The van der Waals surface area contributed by atoms with Gasteiger partial charge in [-0.25, -0.2) is 0 Å². The summed E-state index contributed by atoms with van der Waals surface area (Å²) in [5, 5.41) is 8.29. The fraction of sp³-hybridized carbons (Fsp3) is 0.242. The first kappa shape index (κ1) is 23.7. The third kappa shape index (κ3) is 4.35. The fourth-order valence-electron chi connectivity index (χ4n) is 4.57. The molecular weight excluding hydrogens is 412 g/mol. The molecule has 0 atom stereocenters. The molecular formula is C33H34O. The van der Waals surface area contributed by atoms with Crippen LogP contribution in [0.5, 0.6) is 0 Å². The van der Waals surface area contributed by atoms with Gasteiger partial charge in [-0.3, -0.25) is 4.79 Å². The van der Waals surface area contributed by atoms with Crippen molar-refractivity contribution in [3.05, 3.63) is 105 Å². The molecule has 0 aromatic heterocycles. The maximum atomic E-state index is 10.8. The van der Waals surface area contributed by atoms with Crippen molar-refractivity contribution < 1.29 is 4.79 Å². The average Bonchev–Trinajstić information content (AvgIpc) is 2.78. The third-order valence-corrected chi connectivity index (χ3v) is 7.23. The molecule has 0 unspecified atom stereocenters. The van der Waals surface area contributed by atoms with Crippen molar-refractivity contribution in [3.8, 4) is 0 Å². The Bertz CT molecular complexity index is 1300. The van der Waals surface area contributed by atoms with E-state index in [1.54, 1.807) is 6.92 Å². The van der Waals surface area contributed by atoms with Crippen molar-refractivity contribution in [2.45, 2.75) is 55.4 Å². The molecule has 0 bridgehead atoms. The van der Waals surface area contributed by atoms with Gasteiger partial charge in [0.05, 0.1) is 0 Å². The second-order valence-electron chi connectivity index (χ2n) is 9.87. The number of carbonyl (C=O) groups excluding carboxylic acids is 1. The van der Waals surface area contributed by atoms with Gasteiger partial charge in [0.15, 0.2) is 5.78 Å². The van der Waals surface area contributed by atoms with Crippen LogP contribution in [0.25, 0.3) is 32.3 Å². The van der Waals surface area contributed by atoms with E-state index in [0.717, 1.165) is 5.56 Å². The Morgan fingerprint density at radius 3 is 0.882 bits per heavy atom. The van der Waals surface area contributed by atoms with Gasteiger partial charge < -0.3 is 0 Å². The summed E-state index contributed by atoms with van der Waals surface area (Å²) in [5.74, 6) is 0.125. The van der Waals surface area contributed by atoms with E-state index >= 15 is 0 Å². The van der Waals surface area contributed by atoms with Gasteiger partial charge in [-0.15, -0.1) is 0 Å². The van der Waals surface area contributed by atoms with Crippen molar-refractivity contribution in [2.24, 2.45) is 0 Å². The topological polar surface area (TPSA) is 17.1 Å². The van der Waals surface area contributed by atoms with Gasteiger partial charge in [0, 0.05) is 5.56 Å². The number of hydrogen-bond acceptors (Lipinski definition) is 1. The second kappa shape index (κ2) is 9.06. The Hall–Kier alpha value is -3.45. The molecule has 0 aliphatic carbocycles. The van der Waals surface area contributed by atoms with Gasteiger partial charge in [0.1, 0.15) is 0 Å². The first-order valence-electron chi connectivity index (χ1n) is 12.0. The van der Waals surface area contributed by atoms with Crippen LogP contribution in [0.3, 0.4) is 0 Å². The summed E-state index contributed by atoms with van der Waals surface area (Å²) in [4.78, 5) is 10.8. The monoisotopic (exact) mass is 446 g/mol. The second-order valence-corrected chi connectivity index (χ2v) is 9.87. The molecule has 0 saturated heterocycles. The molecule has 5 rings (SSSR count). The van der Waals surface area contributed by atoms with Crippen molar-refractivity contribution >= 4 is 38.1 Å². The van der Waals surface area contributed by atoms with E-state index in [0.29, 0.717) is 0 Å². The fourth-order valence-corrected chi connectivity index (χ4v) is 4.57. The molecule has 0 aliphatic heterocycles. The molecule has 0 amide bonds. The van der Waals surface area contributed by atoms with Gasteiger partial charge in [0.25, 0.3) is 0 Å². The van der Waals surface area contributed by atoms with Crippen molar-refractivity contribution in [2.75, 3.05) is 0 Å². The highest BCUT2D eigenvalue weighted by molar-refractivity contribution is 6.26. The predicted molar refractivity (Wildman–Crippen MR) is 149 cm³/mol. The lowest BCUT2D eigenvalue weighted by atomic mass is 9.88. The predicted octanol–water partition coefficient (Wildman–Crippen LogP) is 9.19. The third-order valence-electron chi connectivity index (χ3n) is 7.23. The Morgan fingerprint density at radius 2 is 0.676 bits per heavy atom. The molecule has 0 radical (unpaired) electrons. The lowest BCUT2D eigenvalue weighted by Gasteiger charge is -2.16. The zero-order valence-electron chi connectivity index (χ0n) is 21.7. The smallest absolute Gasteiger partial charge is 0.159 e. The minimum absolute atomic E-state index is 0.125. The lowest BCUT2D eigenvalue weighted by Crippen LogP contribution is -1.91. The van der Waals surface area contributed by atoms with Crippen LogP contribution in [0, 0.1) is 48.5 Å². The van der Waals surface area contributed by atoms with Crippen LogP contribution in [0.1, 0.15) is 56.2 Å². The highest BCUT2D eigenvalue weighted by Gasteiger charge is 2.12. The van der Waals surface area contributed by atoms with E-state index in [1.807, 2.05) is 31.2 Å². The number of carbonyl (C=O) groups is 1. The first-order valence-corrected chi connectivity index (χ1v) is 12.0. The van der Waals surface area contributed by atoms with E-state index in [1.165, 1.54) is 71.3 Å². The summed E-state index contributed by atoms with van der Waals surface area (Å²) < 4.78 is 0. The van der Waals surface area contributed by atoms with Crippen LogP contribution >= 0.6 is 0 Å². The Labute approximate surface area is 203 Å². The molecule has 5 aromatic carbocycles. The standard InChI is InChI=1S/C24H24.C9H10O/c1-13-7-19-20(8-14(13)2)22-10-16(4)18(6)12-24(22)23-11-17(5)15(3)9-21(19)23;1-7-3-5-9(6-4-7)8(2)10/h7-12H,1-6H3;3-6H,1-2H3. The first-order chi connectivity index (χ1) is 16.1. The zero-order chi connectivity index (χ0) is 24.7. The number of hydrogen-bond donors (Lipinski definition) is 0. The molecule has 172 valence electrons. The molecule has 0 heterocycles. The normalized spacial score (nSPS) is 11.1. The van der Waals surface area contributed by atoms with Gasteiger partial charge >= 0.3 is 0 Å². The number of rotatable bonds is 1. The highest BCUT2D eigenvalue weighted by atomic mass is 16.1. The summed E-state index contributed by atoms with van der Waals surface area (Å²) >= 11 is 0. The summed E-state index contributed by atoms with van der Waals surface area (Å²) in [6, 6.07) is 21.8. The highest BCUT2D eigenvalue weighted by Crippen LogP contribution is 2.38. The minimum atomic E-state index is 0.125.